The molecule has 50 heavy (non-hydrogen) atoms. The average Bonchev–Trinajstić information content (AvgIpc) is 3.04. The van der Waals surface area contributed by atoms with Gasteiger partial charge in [-0.15, -0.1) is 0 Å². The van der Waals surface area contributed by atoms with Gasteiger partial charge >= 0.3 is 0 Å². The molecule has 4 atom stereocenters. The van der Waals surface area contributed by atoms with Crippen LogP contribution in [-0.2, 0) is 56.8 Å². The predicted molar refractivity (Wildman–Crippen MR) is 186 cm³/mol. The Bertz CT molecular complexity index is 894. The molecule has 3 aliphatic rings. The third kappa shape index (κ3) is 18.5. The van der Waals surface area contributed by atoms with Gasteiger partial charge in [0.15, 0.2) is 17.4 Å². The van der Waals surface area contributed by atoms with Gasteiger partial charge in [0, 0.05) is 5.92 Å². The Hall–Kier alpha value is -0.520. The van der Waals surface area contributed by atoms with Gasteiger partial charge in [-0.05, 0) is 81.6 Å². The number of aliphatic hydroxyl groups excluding tert-OH is 1. The van der Waals surface area contributed by atoms with Crippen molar-refractivity contribution in [2.75, 3.05) is 79.3 Å². The Balaban J connectivity index is 1.49. The van der Waals surface area contributed by atoms with E-state index in [4.69, 9.17) is 56.8 Å². The molecule has 3 aliphatic heterocycles. The summed E-state index contributed by atoms with van der Waals surface area (Å²) in [5.74, 6) is -1.44. The number of ether oxygens (including phenoxy) is 12. The van der Waals surface area contributed by atoms with Crippen LogP contribution in [0.1, 0.15) is 94.9 Å². The van der Waals surface area contributed by atoms with E-state index in [0.29, 0.717) is 58.8 Å². The summed E-state index contributed by atoms with van der Waals surface area (Å²) in [6.07, 6.45) is 1.38. The average molecular weight is 723 g/mol. The van der Waals surface area contributed by atoms with Crippen molar-refractivity contribution >= 4 is 0 Å². The van der Waals surface area contributed by atoms with Crippen LogP contribution in [0.3, 0.4) is 0 Å². The number of hydrogen-bond acceptors (Lipinski definition) is 13. The summed E-state index contributed by atoms with van der Waals surface area (Å²) in [7, 11) is 0. The number of rotatable bonds is 22. The Morgan fingerprint density at radius 2 is 1.04 bits per heavy atom. The first kappa shape index (κ1) is 43.9. The minimum absolute atomic E-state index is 0.0524. The van der Waals surface area contributed by atoms with Crippen molar-refractivity contribution in [3.8, 4) is 0 Å². The fourth-order valence-corrected chi connectivity index (χ4v) is 5.33. The zero-order valence-corrected chi connectivity index (χ0v) is 32.7. The van der Waals surface area contributed by atoms with Crippen LogP contribution >= 0.6 is 0 Å². The molecule has 0 aromatic carbocycles. The quantitative estimate of drug-likeness (QED) is 0.167. The summed E-state index contributed by atoms with van der Waals surface area (Å²) < 4.78 is 71.5. The molecule has 4 unspecified atom stereocenters. The Morgan fingerprint density at radius 3 is 1.52 bits per heavy atom. The minimum atomic E-state index is -0.863. The lowest BCUT2D eigenvalue weighted by molar-refractivity contribution is -0.282. The highest BCUT2D eigenvalue weighted by Gasteiger charge is 2.32. The fraction of sp³-hybridized carbons (Fsp3) is 1.00. The molecule has 0 radical (unpaired) electrons. The van der Waals surface area contributed by atoms with Crippen LogP contribution < -0.4 is 0 Å². The summed E-state index contributed by atoms with van der Waals surface area (Å²) in [5, 5.41) is 11.0. The lowest BCUT2D eigenvalue weighted by atomic mass is 10.0. The van der Waals surface area contributed by atoms with Gasteiger partial charge in [0.2, 0.25) is 0 Å². The van der Waals surface area contributed by atoms with Crippen LogP contribution in [0.25, 0.3) is 0 Å². The van der Waals surface area contributed by atoms with Crippen LogP contribution in [0.5, 0.6) is 0 Å². The van der Waals surface area contributed by atoms with Crippen LogP contribution in [-0.4, -0.2) is 144 Å². The van der Waals surface area contributed by atoms with Crippen molar-refractivity contribution in [2.24, 2.45) is 5.92 Å². The second-order valence-corrected chi connectivity index (χ2v) is 16.1. The van der Waals surface area contributed by atoms with E-state index in [1.54, 1.807) is 0 Å². The molecule has 0 amide bonds. The van der Waals surface area contributed by atoms with Gasteiger partial charge in [-0.25, -0.2) is 0 Å². The zero-order valence-electron chi connectivity index (χ0n) is 32.7. The molecule has 296 valence electrons. The molecule has 0 bridgehead atoms. The summed E-state index contributed by atoms with van der Waals surface area (Å²) in [6, 6.07) is 0. The van der Waals surface area contributed by atoms with Gasteiger partial charge in [-0.2, -0.15) is 0 Å². The van der Waals surface area contributed by atoms with Gasteiger partial charge < -0.3 is 61.9 Å². The molecule has 13 heteroatoms. The van der Waals surface area contributed by atoms with E-state index in [1.165, 1.54) is 0 Å². The molecule has 3 rings (SSSR count). The third-order valence-corrected chi connectivity index (χ3v) is 8.70. The van der Waals surface area contributed by atoms with E-state index < -0.39 is 29.6 Å². The van der Waals surface area contributed by atoms with Gasteiger partial charge in [0.1, 0.15) is 24.4 Å². The van der Waals surface area contributed by atoms with E-state index in [1.807, 2.05) is 62.3 Å². The Labute approximate surface area is 301 Å². The van der Waals surface area contributed by atoms with Crippen molar-refractivity contribution < 1.29 is 61.9 Å². The molecule has 3 heterocycles. The highest BCUT2D eigenvalue weighted by Crippen LogP contribution is 2.25. The Kier molecular flexibility index (Phi) is 18.3. The van der Waals surface area contributed by atoms with Crippen LogP contribution in [0.2, 0.25) is 0 Å². The smallest absolute Gasteiger partial charge is 0.163 e. The van der Waals surface area contributed by atoms with Gasteiger partial charge in [-0.1, -0.05) is 13.3 Å². The van der Waals surface area contributed by atoms with Gasteiger partial charge in [0.05, 0.1) is 97.1 Å². The zero-order chi connectivity index (χ0) is 36.8. The molecule has 0 aromatic rings. The SMILES string of the molecule is CCC(COC(C)(C)C)OCC(COC1COC(C)(C)OC1)OCC(O)COC(CCCC1COC(C)(C)OC1)COC1COC(C)(C)OC1. The van der Waals surface area contributed by atoms with Gasteiger partial charge in [-0.3, -0.25) is 0 Å². The van der Waals surface area contributed by atoms with Crippen molar-refractivity contribution in [2.45, 2.75) is 155 Å². The lowest BCUT2D eigenvalue weighted by Gasteiger charge is -2.36. The topological polar surface area (TPSA) is 131 Å². The summed E-state index contributed by atoms with van der Waals surface area (Å²) >= 11 is 0. The molecular weight excluding hydrogens is 652 g/mol. The molecule has 3 fully saturated rings. The Morgan fingerprint density at radius 1 is 0.600 bits per heavy atom. The maximum Gasteiger partial charge on any atom is 0.163 e. The first-order valence-electron chi connectivity index (χ1n) is 18.7. The molecule has 3 saturated heterocycles. The van der Waals surface area contributed by atoms with Crippen molar-refractivity contribution in [1.82, 2.24) is 0 Å². The monoisotopic (exact) mass is 722 g/mol. The lowest BCUT2D eigenvalue weighted by Crippen LogP contribution is -2.44. The summed E-state index contributed by atoms with van der Waals surface area (Å²) in [6.45, 7) is 24.2. The molecular formula is C37H70O13. The van der Waals surface area contributed by atoms with E-state index in [0.717, 1.165) is 25.7 Å². The second kappa shape index (κ2) is 20.8. The molecule has 0 spiro atoms. The summed E-state index contributed by atoms with van der Waals surface area (Å²) in [5.41, 5.74) is -0.262. The van der Waals surface area contributed by atoms with Crippen molar-refractivity contribution in [1.29, 1.82) is 0 Å². The largest absolute Gasteiger partial charge is 0.388 e. The predicted octanol–water partition coefficient (Wildman–Crippen LogP) is 4.63. The van der Waals surface area contributed by atoms with E-state index in [2.05, 4.69) is 6.92 Å². The maximum absolute atomic E-state index is 11.0. The van der Waals surface area contributed by atoms with Crippen LogP contribution in [0.4, 0.5) is 0 Å². The molecule has 0 aromatic heterocycles. The van der Waals surface area contributed by atoms with E-state index in [-0.39, 0.29) is 56.4 Å². The fourth-order valence-electron chi connectivity index (χ4n) is 5.33. The van der Waals surface area contributed by atoms with Gasteiger partial charge in [0.25, 0.3) is 0 Å². The maximum atomic E-state index is 11.0. The van der Waals surface area contributed by atoms with Crippen LogP contribution in [0.15, 0.2) is 0 Å². The standard InChI is InChI=1S/C37H70O13/c1-11-29(22-44-34(2,3)4)41-20-31(21-43-33-25-49-37(9,10)50-26-33)40-18-28(38)17-39-30(19-42-32-23-47-36(7,8)48-24-32)14-12-13-27-15-45-35(5,6)46-16-27/h27-33,38H,11-26H2,1-10H3. The minimum Gasteiger partial charge on any atom is -0.388 e. The van der Waals surface area contributed by atoms with Crippen molar-refractivity contribution in [3.05, 3.63) is 0 Å². The van der Waals surface area contributed by atoms with E-state index >= 15 is 0 Å². The summed E-state index contributed by atoms with van der Waals surface area (Å²) in [4.78, 5) is 0. The number of hydrogen-bond donors (Lipinski definition) is 1. The third-order valence-electron chi connectivity index (χ3n) is 8.70. The van der Waals surface area contributed by atoms with E-state index in [9.17, 15) is 5.11 Å². The molecule has 1 N–H and O–H groups in total. The van der Waals surface area contributed by atoms with Crippen LogP contribution in [0, 0.1) is 5.92 Å². The highest BCUT2D eigenvalue weighted by molar-refractivity contribution is 4.73. The molecule has 0 aliphatic carbocycles. The first-order chi connectivity index (χ1) is 23.4. The molecule has 13 nitrogen and oxygen atoms in total. The second-order valence-electron chi connectivity index (χ2n) is 16.1. The highest BCUT2D eigenvalue weighted by atomic mass is 16.7. The molecule has 0 saturated carbocycles. The normalized spacial score (nSPS) is 24.5. The van der Waals surface area contributed by atoms with Crippen molar-refractivity contribution in [3.63, 3.8) is 0 Å². The number of aliphatic hydroxyl groups is 1. The first-order valence-corrected chi connectivity index (χ1v) is 18.7.